The molecule has 0 aliphatic rings. The van der Waals surface area contributed by atoms with Gasteiger partial charge in [-0.15, -0.1) is 16.4 Å². The number of aromatic nitrogens is 3. The monoisotopic (exact) mass is 471 g/mol. The molecule has 2 heterocycles. The van der Waals surface area contributed by atoms with Crippen LogP contribution in [0.5, 0.6) is 0 Å². The lowest BCUT2D eigenvalue weighted by molar-refractivity contribution is -0.384. The van der Waals surface area contributed by atoms with Crippen molar-refractivity contribution in [2.45, 2.75) is 10.4 Å². The number of thioether (sulfide) groups is 1. The lowest BCUT2D eigenvalue weighted by atomic mass is 10.1. The number of nitro benzene ring substituents is 1. The van der Waals surface area contributed by atoms with Crippen LogP contribution in [0.3, 0.4) is 0 Å². The molecule has 2 aromatic carbocycles. The van der Waals surface area contributed by atoms with E-state index in [1.54, 1.807) is 0 Å². The highest BCUT2D eigenvalue weighted by molar-refractivity contribution is 8.00. The Hall–Kier alpha value is -3.21. The number of nitrogens with one attached hydrogen (secondary N) is 2. The zero-order valence-electron chi connectivity index (χ0n) is 15.7. The van der Waals surface area contributed by atoms with Crippen LogP contribution in [0.4, 0.5) is 11.4 Å². The van der Waals surface area contributed by atoms with E-state index in [4.69, 9.17) is 11.6 Å². The molecule has 0 saturated carbocycles. The van der Waals surface area contributed by atoms with Crippen LogP contribution >= 0.6 is 34.7 Å². The summed E-state index contributed by atoms with van der Waals surface area (Å²) in [4.78, 5) is 28.9. The number of nitrogens with zero attached hydrogens (tertiary/aromatic N) is 3. The second kappa shape index (κ2) is 9.29. The van der Waals surface area contributed by atoms with Crippen LogP contribution < -0.4 is 5.32 Å². The molecule has 0 saturated heterocycles. The van der Waals surface area contributed by atoms with E-state index in [0.717, 1.165) is 10.4 Å². The van der Waals surface area contributed by atoms with Gasteiger partial charge in [-0.1, -0.05) is 59.8 Å². The second-order valence-corrected chi connectivity index (χ2v) is 8.69. The molecule has 0 unspecified atom stereocenters. The third kappa shape index (κ3) is 4.93. The number of rotatable bonds is 7. The Labute approximate surface area is 189 Å². The molecule has 4 rings (SSSR count). The van der Waals surface area contributed by atoms with Gasteiger partial charge in [0.15, 0.2) is 5.82 Å². The van der Waals surface area contributed by atoms with Gasteiger partial charge < -0.3 is 5.32 Å². The molecular formula is C20H14ClN5O3S2. The van der Waals surface area contributed by atoms with Crippen LogP contribution in [0.1, 0.15) is 10.8 Å². The molecule has 2 N–H and O–H groups in total. The van der Waals surface area contributed by atoms with Crippen LogP contribution in [0.2, 0.25) is 5.02 Å². The third-order valence-corrected chi connectivity index (χ3v) is 6.51. The average Bonchev–Trinajstić information content (AvgIpc) is 3.46. The molecule has 11 heteroatoms. The smallest absolute Gasteiger partial charge is 0.271 e. The Morgan fingerprint density at radius 2 is 2.00 bits per heavy atom. The molecule has 0 fully saturated rings. The summed E-state index contributed by atoms with van der Waals surface area (Å²) in [5.41, 5.74) is 0.886. The summed E-state index contributed by atoms with van der Waals surface area (Å²) in [5, 5.41) is 22.6. The van der Waals surface area contributed by atoms with Crippen molar-refractivity contribution >= 4 is 52.0 Å². The molecular weight excluding hydrogens is 458 g/mol. The van der Waals surface area contributed by atoms with E-state index in [-0.39, 0.29) is 22.3 Å². The van der Waals surface area contributed by atoms with E-state index in [1.165, 1.54) is 41.3 Å². The van der Waals surface area contributed by atoms with Crippen LogP contribution in [0.25, 0.3) is 10.7 Å². The minimum absolute atomic E-state index is 0.0808. The molecule has 156 valence electrons. The zero-order valence-corrected chi connectivity index (χ0v) is 18.1. The molecule has 0 bridgehead atoms. The largest absolute Gasteiger partial charge is 0.323 e. The van der Waals surface area contributed by atoms with E-state index in [0.29, 0.717) is 11.0 Å². The first-order valence-corrected chi connectivity index (χ1v) is 11.1. The fraction of sp³-hybridized carbons (Fsp3) is 0.0500. The maximum absolute atomic E-state index is 13.1. The fourth-order valence-corrected chi connectivity index (χ4v) is 4.54. The van der Waals surface area contributed by atoms with Crippen LogP contribution in [-0.2, 0) is 4.79 Å². The van der Waals surface area contributed by atoms with Crippen LogP contribution in [0.15, 0.2) is 71.2 Å². The Bertz CT molecular complexity index is 1210. The second-order valence-electron chi connectivity index (χ2n) is 6.26. The van der Waals surface area contributed by atoms with Crippen molar-refractivity contribution in [1.29, 1.82) is 0 Å². The molecule has 8 nitrogen and oxygen atoms in total. The molecule has 2 aromatic heterocycles. The summed E-state index contributed by atoms with van der Waals surface area (Å²) in [7, 11) is 0. The summed E-state index contributed by atoms with van der Waals surface area (Å²) >= 11 is 8.86. The first-order valence-electron chi connectivity index (χ1n) is 8.94. The topological polar surface area (TPSA) is 114 Å². The van der Waals surface area contributed by atoms with Crippen molar-refractivity contribution in [3.05, 3.63) is 86.7 Å². The van der Waals surface area contributed by atoms with E-state index in [9.17, 15) is 14.9 Å². The standard InChI is InChI=1S/C20H14ClN5O3S2/c21-14-11-13(26(28)29)8-9-15(14)22-19(27)17(12-5-2-1-3-6-12)31-20-23-18(24-25-20)16-7-4-10-30-16/h1-11,17H,(H,22,27)(H,23,24,25)/t17-/m0/s1. The number of halogens is 1. The lowest BCUT2D eigenvalue weighted by Crippen LogP contribution is -2.19. The quantitative estimate of drug-likeness (QED) is 0.207. The third-order valence-electron chi connectivity index (χ3n) is 4.20. The molecule has 1 atom stereocenters. The number of aromatic amines is 1. The van der Waals surface area contributed by atoms with Gasteiger partial charge in [-0.2, -0.15) is 0 Å². The van der Waals surface area contributed by atoms with Gasteiger partial charge in [-0.3, -0.25) is 20.0 Å². The first kappa shape index (κ1) is 21.0. The highest BCUT2D eigenvalue weighted by atomic mass is 35.5. The number of amides is 1. The zero-order chi connectivity index (χ0) is 21.8. The van der Waals surface area contributed by atoms with Crippen LogP contribution in [0, 0.1) is 10.1 Å². The number of hydrogen-bond donors (Lipinski definition) is 2. The van der Waals surface area contributed by atoms with Gasteiger partial charge in [0, 0.05) is 12.1 Å². The summed E-state index contributed by atoms with van der Waals surface area (Å²) in [6, 6.07) is 16.9. The number of anilines is 1. The predicted octanol–water partition coefficient (Wildman–Crippen LogP) is 5.57. The number of nitro groups is 1. The van der Waals surface area contributed by atoms with Gasteiger partial charge in [-0.05, 0) is 23.1 Å². The molecule has 31 heavy (non-hydrogen) atoms. The van der Waals surface area contributed by atoms with E-state index < -0.39 is 10.2 Å². The van der Waals surface area contributed by atoms with E-state index >= 15 is 0 Å². The minimum Gasteiger partial charge on any atom is -0.323 e. The summed E-state index contributed by atoms with van der Waals surface area (Å²) in [6.07, 6.45) is 0. The summed E-state index contributed by atoms with van der Waals surface area (Å²) < 4.78 is 0. The number of benzene rings is 2. The van der Waals surface area contributed by atoms with Gasteiger partial charge in [0.05, 0.1) is 20.5 Å². The molecule has 0 aliphatic carbocycles. The fourth-order valence-electron chi connectivity index (χ4n) is 2.75. The van der Waals surface area contributed by atoms with Gasteiger partial charge in [0.25, 0.3) is 5.69 Å². The maximum atomic E-state index is 13.1. The van der Waals surface area contributed by atoms with Gasteiger partial charge in [0.1, 0.15) is 5.25 Å². The SMILES string of the molecule is O=C(Nc1ccc([N+](=O)[O-])cc1Cl)[C@@H](Sc1n[nH]c(-c2cccs2)n1)c1ccccc1. The van der Waals surface area contributed by atoms with Crippen molar-refractivity contribution in [2.75, 3.05) is 5.32 Å². The van der Waals surface area contributed by atoms with Gasteiger partial charge >= 0.3 is 0 Å². The highest BCUT2D eigenvalue weighted by Gasteiger charge is 2.25. The van der Waals surface area contributed by atoms with Crippen LogP contribution in [-0.4, -0.2) is 26.0 Å². The average molecular weight is 472 g/mol. The number of thiophene rings is 1. The number of carbonyl (C=O) groups is 1. The Morgan fingerprint density at radius 1 is 1.19 bits per heavy atom. The van der Waals surface area contributed by atoms with Gasteiger partial charge in [-0.25, -0.2) is 4.98 Å². The van der Waals surface area contributed by atoms with Crippen molar-refractivity contribution in [3.8, 4) is 10.7 Å². The minimum atomic E-state index is -0.667. The Morgan fingerprint density at radius 3 is 2.68 bits per heavy atom. The Balaban J connectivity index is 1.58. The maximum Gasteiger partial charge on any atom is 0.271 e. The van der Waals surface area contributed by atoms with Crippen molar-refractivity contribution in [1.82, 2.24) is 15.2 Å². The summed E-state index contributed by atoms with van der Waals surface area (Å²) in [5.74, 6) is 0.276. The van der Waals surface area contributed by atoms with E-state index in [1.807, 2.05) is 47.8 Å². The van der Waals surface area contributed by atoms with Gasteiger partial charge in [0.2, 0.25) is 11.1 Å². The molecule has 1 amide bonds. The molecule has 0 radical (unpaired) electrons. The van der Waals surface area contributed by atoms with Crippen molar-refractivity contribution in [2.24, 2.45) is 0 Å². The van der Waals surface area contributed by atoms with Crippen molar-refractivity contribution < 1.29 is 9.72 Å². The number of H-pyrrole nitrogens is 1. The highest BCUT2D eigenvalue weighted by Crippen LogP contribution is 2.36. The lowest BCUT2D eigenvalue weighted by Gasteiger charge is -2.16. The molecule has 0 spiro atoms. The summed E-state index contributed by atoms with van der Waals surface area (Å²) in [6.45, 7) is 0. The van der Waals surface area contributed by atoms with E-state index in [2.05, 4.69) is 20.5 Å². The molecule has 0 aliphatic heterocycles. The number of hydrogen-bond acceptors (Lipinski definition) is 7. The predicted molar refractivity (Wildman–Crippen MR) is 121 cm³/mol. The normalized spacial score (nSPS) is 11.8. The number of non-ortho nitro benzene ring substituents is 1. The molecule has 4 aromatic rings. The number of carbonyl (C=O) groups excluding carboxylic acids is 1. The van der Waals surface area contributed by atoms with Crippen molar-refractivity contribution in [3.63, 3.8) is 0 Å². The first-order chi connectivity index (χ1) is 15.0. The Kier molecular flexibility index (Phi) is 6.31.